The van der Waals surface area contributed by atoms with Gasteiger partial charge in [0.05, 0.1) is 0 Å². The molecule has 5 heteroatoms. The first-order chi connectivity index (χ1) is 9.72. The van der Waals surface area contributed by atoms with Gasteiger partial charge >= 0.3 is 0 Å². The number of benzene rings is 2. The number of anilines is 1. The molecule has 2 aromatic rings. The Bertz CT molecular complexity index is 611. The van der Waals surface area contributed by atoms with Crippen molar-refractivity contribution in [2.75, 3.05) is 18.5 Å². The molecule has 20 heavy (non-hydrogen) atoms. The summed E-state index contributed by atoms with van der Waals surface area (Å²) in [6.07, 6.45) is 0. The van der Waals surface area contributed by atoms with Gasteiger partial charge < -0.3 is 14.8 Å². The number of rotatable bonds is 3. The number of para-hydroxylation sites is 1. The minimum atomic E-state index is -0.609. The summed E-state index contributed by atoms with van der Waals surface area (Å²) < 4.78 is 37.3. The van der Waals surface area contributed by atoms with Crippen LogP contribution in [0.15, 0.2) is 36.4 Å². The van der Waals surface area contributed by atoms with E-state index in [-0.39, 0.29) is 0 Å². The molecule has 1 N–H and O–H groups in total. The SMILES string of the molecule is Fc1cc(F)cc(NCc2cccc3c2OCCO3)c1. The normalized spacial score (nSPS) is 13.1. The van der Waals surface area contributed by atoms with E-state index in [0.717, 1.165) is 11.6 Å². The van der Waals surface area contributed by atoms with Gasteiger partial charge in [0.15, 0.2) is 11.5 Å². The molecule has 0 bridgehead atoms. The van der Waals surface area contributed by atoms with Crippen molar-refractivity contribution in [3.05, 3.63) is 53.6 Å². The quantitative estimate of drug-likeness (QED) is 0.933. The topological polar surface area (TPSA) is 30.5 Å². The predicted octanol–water partition coefficient (Wildman–Crippen LogP) is 3.35. The van der Waals surface area contributed by atoms with Crippen LogP contribution in [0.5, 0.6) is 11.5 Å². The van der Waals surface area contributed by atoms with Crippen LogP contribution in [0.25, 0.3) is 0 Å². The summed E-state index contributed by atoms with van der Waals surface area (Å²) in [4.78, 5) is 0. The second-order valence-electron chi connectivity index (χ2n) is 4.45. The van der Waals surface area contributed by atoms with E-state index in [9.17, 15) is 8.78 Å². The molecule has 3 rings (SSSR count). The lowest BCUT2D eigenvalue weighted by Gasteiger charge is -2.21. The molecule has 0 unspecified atom stereocenters. The minimum absolute atomic E-state index is 0.386. The lowest BCUT2D eigenvalue weighted by molar-refractivity contribution is 0.170. The zero-order valence-electron chi connectivity index (χ0n) is 10.7. The number of hydrogen-bond donors (Lipinski definition) is 1. The second kappa shape index (κ2) is 5.36. The first-order valence-corrected chi connectivity index (χ1v) is 6.30. The Hall–Kier alpha value is -2.30. The molecule has 0 saturated heterocycles. The summed E-state index contributed by atoms with van der Waals surface area (Å²) >= 11 is 0. The smallest absolute Gasteiger partial charge is 0.166 e. The molecule has 0 amide bonds. The molecule has 0 atom stereocenters. The van der Waals surface area contributed by atoms with Crippen LogP contribution in [-0.2, 0) is 6.54 Å². The van der Waals surface area contributed by atoms with Gasteiger partial charge in [-0.05, 0) is 18.2 Å². The highest BCUT2D eigenvalue weighted by molar-refractivity contribution is 5.50. The van der Waals surface area contributed by atoms with Crippen molar-refractivity contribution >= 4 is 5.69 Å². The van der Waals surface area contributed by atoms with E-state index in [0.29, 0.717) is 36.9 Å². The summed E-state index contributed by atoms with van der Waals surface area (Å²) in [7, 11) is 0. The summed E-state index contributed by atoms with van der Waals surface area (Å²) in [5.74, 6) is 0.161. The third kappa shape index (κ3) is 2.66. The molecule has 0 aliphatic carbocycles. The van der Waals surface area contributed by atoms with Crippen LogP contribution in [-0.4, -0.2) is 13.2 Å². The van der Waals surface area contributed by atoms with Gasteiger partial charge in [0.2, 0.25) is 0 Å². The van der Waals surface area contributed by atoms with Gasteiger partial charge in [-0.2, -0.15) is 0 Å². The lowest BCUT2D eigenvalue weighted by atomic mass is 10.1. The van der Waals surface area contributed by atoms with Crippen molar-refractivity contribution < 1.29 is 18.3 Å². The van der Waals surface area contributed by atoms with E-state index in [4.69, 9.17) is 9.47 Å². The number of ether oxygens (including phenoxy) is 2. The van der Waals surface area contributed by atoms with Crippen LogP contribution in [0.1, 0.15) is 5.56 Å². The number of fused-ring (bicyclic) bond motifs is 1. The maximum Gasteiger partial charge on any atom is 0.166 e. The van der Waals surface area contributed by atoms with Crippen molar-refractivity contribution in [3.63, 3.8) is 0 Å². The standard InChI is InChI=1S/C15H13F2NO2/c16-11-6-12(17)8-13(7-11)18-9-10-2-1-3-14-15(10)20-5-4-19-14/h1-3,6-8,18H,4-5,9H2. The van der Waals surface area contributed by atoms with E-state index >= 15 is 0 Å². The fourth-order valence-corrected chi connectivity index (χ4v) is 2.13. The molecule has 1 aliphatic rings. The number of halogens is 2. The van der Waals surface area contributed by atoms with Crippen molar-refractivity contribution in [1.29, 1.82) is 0 Å². The maximum absolute atomic E-state index is 13.1. The van der Waals surface area contributed by atoms with E-state index in [1.807, 2.05) is 18.2 Å². The van der Waals surface area contributed by atoms with Gasteiger partial charge in [-0.1, -0.05) is 12.1 Å². The summed E-state index contributed by atoms with van der Waals surface area (Å²) in [5.41, 5.74) is 1.27. The Kier molecular flexibility index (Phi) is 3.41. The summed E-state index contributed by atoms with van der Waals surface area (Å²) in [5, 5.41) is 2.98. The summed E-state index contributed by atoms with van der Waals surface area (Å²) in [6, 6.07) is 8.91. The number of hydrogen-bond acceptors (Lipinski definition) is 3. The highest BCUT2D eigenvalue weighted by Gasteiger charge is 2.15. The Morgan fingerprint density at radius 1 is 1.00 bits per heavy atom. The third-order valence-electron chi connectivity index (χ3n) is 2.99. The summed E-state index contributed by atoms with van der Waals surface area (Å²) in [6.45, 7) is 1.42. The minimum Gasteiger partial charge on any atom is -0.486 e. The van der Waals surface area contributed by atoms with Crippen LogP contribution in [0.4, 0.5) is 14.5 Å². The van der Waals surface area contributed by atoms with Gasteiger partial charge in [-0.3, -0.25) is 0 Å². The molecule has 1 aliphatic heterocycles. The molecular weight excluding hydrogens is 264 g/mol. The molecular formula is C15H13F2NO2. The molecule has 0 spiro atoms. The van der Waals surface area contributed by atoms with Gasteiger partial charge in [-0.15, -0.1) is 0 Å². The zero-order valence-corrected chi connectivity index (χ0v) is 10.7. The zero-order chi connectivity index (χ0) is 13.9. The molecule has 1 heterocycles. The first kappa shape index (κ1) is 12.7. The van der Waals surface area contributed by atoms with Crippen LogP contribution < -0.4 is 14.8 Å². The van der Waals surface area contributed by atoms with Crippen LogP contribution in [0.3, 0.4) is 0 Å². The second-order valence-corrected chi connectivity index (χ2v) is 4.45. The monoisotopic (exact) mass is 277 g/mol. The highest BCUT2D eigenvalue weighted by atomic mass is 19.1. The van der Waals surface area contributed by atoms with Gasteiger partial charge in [-0.25, -0.2) is 8.78 Å². The first-order valence-electron chi connectivity index (χ1n) is 6.30. The van der Waals surface area contributed by atoms with Crippen LogP contribution in [0, 0.1) is 11.6 Å². The fourth-order valence-electron chi connectivity index (χ4n) is 2.13. The average molecular weight is 277 g/mol. The van der Waals surface area contributed by atoms with Crippen LogP contribution >= 0.6 is 0 Å². The van der Waals surface area contributed by atoms with Crippen molar-refractivity contribution in [2.24, 2.45) is 0 Å². The van der Waals surface area contributed by atoms with E-state index in [1.54, 1.807) is 0 Å². The van der Waals surface area contributed by atoms with Crippen LogP contribution in [0.2, 0.25) is 0 Å². The Labute approximate surface area is 115 Å². The predicted molar refractivity (Wildman–Crippen MR) is 71.1 cm³/mol. The Morgan fingerprint density at radius 2 is 1.75 bits per heavy atom. The van der Waals surface area contributed by atoms with Gasteiger partial charge in [0.1, 0.15) is 24.8 Å². The van der Waals surface area contributed by atoms with Crippen molar-refractivity contribution in [1.82, 2.24) is 0 Å². The molecule has 0 aromatic heterocycles. The molecule has 3 nitrogen and oxygen atoms in total. The third-order valence-corrected chi connectivity index (χ3v) is 2.99. The molecule has 104 valence electrons. The molecule has 0 fully saturated rings. The molecule has 0 radical (unpaired) electrons. The van der Waals surface area contributed by atoms with Crippen molar-refractivity contribution in [2.45, 2.75) is 6.54 Å². The maximum atomic E-state index is 13.1. The van der Waals surface area contributed by atoms with E-state index in [2.05, 4.69) is 5.32 Å². The van der Waals surface area contributed by atoms with Gasteiger partial charge in [0, 0.05) is 23.9 Å². The number of nitrogens with one attached hydrogen (secondary N) is 1. The Morgan fingerprint density at radius 3 is 2.55 bits per heavy atom. The highest BCUT2D eigenvalue weighted by Crippen LogP contribution is 2.33. The lowest BCUT2D eigenvalue weighted by Crippen LogP contribution is -2.17. The average Bonchev–Trinajstić information content (AvgIpc) is 2.44. The Balaban J connectivity index is 1.78. The largest absolute Gasteiger partial charge is 0.486 e. The van der Waals surface area contributed by atoms with E-state index < -0.39 is 11.6 Å². The fraction of sp³-hybridized carbons (Fsp3) is 0.200. The van der Waals surface area contributed by atoms with E-state index in [1.165, 1.54) is 12.1 Å². The van der Waals surface area contributed by atoms with Gasteiger partial charge in [0.25, 0.3) is 0 Å². The molecule has 0 saturated carbocycles. The van der Waals surface area contributed by atoms with Crippen molar-refractivity contribution in [3.8, 4) is 11.5 Å². The molecule has 2 aromatic carbocycles.